The van der Waals surface area contributed by atoms with Crippen LogP contribution in [0.1, 0.15) is 57.6 Å². The molecule has 1 aromatic carbocycles. The fraction of sp³-hybridized carbons (Fsp3) is 0.500. The minimum atomic E-state index is -0.707. The number of allylic oxidation sites excluding steroid dienone is 1. The van der Waals surface area contributed by atoms with Crippen molar-refractivity contribution in [1.82, 2.24) is 16.0 Å². The maximum absolute atomic E-state index is 12.6. The molecule has 0 radical (unpaired) electrons. The van der Waals surface area contributed by atoms with E-state index in [0.717, 1.165) is 30.4 Å². The van der Waals surface area contributed by atoms with E-state index in [1.165, 1.54) is 0 Å². The lowest BCUT2D eigenvalue weighted by molar-refractivity contribution is -0.131. The van der Waals surface area contributed by atoms with Gasteiger partial charge in [0.1, 0.15) is 12.1 Å². The Morgan fingerprint density at radius 2 is 1.96 bits per heavy atom. The molecule has 0 aromatic heterocycles. The zero-order chi connectivity index (χ0) is 20.5. The molecule has 1 aromatic rings. The largest absolute Gasteiger partial charge is 0.352 e. The van der Waals surface area contributed by atoms with E-state index in [1.54, 1.807) is 6.92 Å². The molecule has 2 rings (SSSR count). The third-order valence-electron chi connectivity index (χ3n) is 4.56. The number of nitrogens with one attached hydrogen (secondary N) is 3. The van der Waals surface area contributed by atoms with E-state index in [9.17, 15) is 14.4 Å². The molecule has 6 heteroatoms. The first kappa shape index (κ1) is 21.7. The molecule has 0 saturated heterocycles. The first-order valence-electron chi connectivity index (χ1n) is 10.0. The van der Waals surface area contributed by atoms with Crippen molar-refractivity contribution in [3.63, 3.8) is 0 Å². The number of hydrogen-bond donors (Lipinski definition) is 3. The van der Waals surface area contributed by atoms with E-state index in [4.69, 9.17) is 0 Å². The van der Waals surface area contributed by atoms with Crippen molar-refractivity contribution in [3.8, 4) is 0 Å². The Labute approximate surface area is 167 Å². The topological polar surface area (TPSA) is 87.3 Å². The zero-order valence-electron chi connectivity index (χ0n) is 17.0. The van der Waals surface area contributed by atoms with Crippen molar-refractivity contribution in [2.45, 2.75) is 71.0 Å². The van der Waals surface area contributed by atoms with Gasteiger partial charge in [-0.2, -0.15) is 0 Å². The second kappa shape index (κ2) is 10.6. The lowest BCUT2D eigenvalue weighted by Crippen LogP contribution is -2.54. The van der Waals surface area contributed by atoms with Crippen LogP contribution >= 0.6 is 0 Å². The molecule has 0 unspecified atom stereocenters. The maximum Gasteiger partial charge on any atom is 0.243 e. The molecular formula is C22H31N3O3. The molecule has 1 heterocycles. The number of benzene rings is 1. The summed E-state index contributed by atoms with van der Waals surface area (Å²) in [4.78, 5) is 37.2. The van der Waals surface area contributed by atoms with Gasteiger partial charge in [0.2, 0.25) is 17.7 Å². The summed E-state index contributed by atoms with van der Waals surface area (Å²) >= 11 is 0. The van der Waals surface area contributed by atoms with Crippen LogP contribution in [0.5, 0.6) is 0 Å². The van der Waals surface area contributed by atoms with Gasteiger partial charge in [0.15, 0.2) is 0 Å². The van der Waals surface area contributed by atoms with Gasteiger partial charge < -0.3 is 16.0 Å². The highest BCUT2D eigenvalue weighted by Gasteiger charge is 2.25. The minimum absolute atomic E-state index is 0.0313. The first-order valence-corrected chi connectivity index (χ1v) is 10.0. The van der Waals surface area contributed by atoms with Crippen molar-refractivity contribution in [3.05, 3.63) is 41.5 Å². The Kier molecular flexibility index (Phi) is 8.23. The Bertz CT molecular complexity index is 727. The van der Waals surface area contributed by atoms with E-state index >= 15 is 0 Å². The van der Waals surface area contributed by atoms with Gasteiger partial charge in [0.05, 0.1) is 0 Å². The molecule has 0 fully saturated rings. The summed E-state index contributed by atoms with van der Waals surface area (Å²) in [6.07, 6.45) is 7.51. The molecule has 2 bridgehead atoms. The van der Waals surface area contributed by atoms with Crippen LogP contribution in [0, 0.1) is 0 Å². The molecule has 1 aliphatic heterocycles. The van der Waals surface area contributed by atoms with Crippen LogP contribution in [0.3, 0.4) is 0 Å². The fourth-order valence-corrected chi connectivity index (χ4v) is 3.10. The maximum atomic E-state index is 12.6. The lowest BCUT2D eigenvalue weighted by atomic mass is 10.0. The van der Waals surface area contributed by atoms with Gasteiger partial charge in [0, 0.05) is 18.9 Å². The Morgan fingerprint density at radius 3 is 2.71 bits per heavy atom. The average molecular weight is 386 g/mol. The molecule has 1 aliphatic rings. The summed E-state index contributed by atoms with van der Waals surface area (Å²) in [6.45, 7) is 5.39. The second-order valence-electron chi connectivity index (χ2n) is 7.61. The normalized spacial score (nSPS) is 21.7. The summed E-state index contributed by atoms with van der Waals surface area (Å²) in [5, 5.41) is 8.38. The van der Waals surface area contributed by atoms with Crippen LogP contribution in [0.25, 0.3) is 6.08 Å². The van der Waals surface area contributed by atoms with Crippen LogP contribution in [0.4, 0.5) is 0 Å². The number of rotatable bonds is 2. The third-order valence-corrected chi connectivity index (χ3v) is 4.56. The Balaban J connectivity index is 2.26. The van der Waals surface area contributed by atoms with E-state index in [0.29, 0.717) is 12.8 Å². The summed E-state index contributed by atoms with van der Waals surface area (Å²) in [7, 11) is 0. The van der Waals surface area contributed by atoms with Crippen LogP contribution in [0.2, 0.25) is 0 Å². The summed E-state index contributed by atoms with van der Waals surface area (Å²) in [6, 6.07) is 6.53. The second-order valence-corrected chi connectivity index (χ2v) is 7.61. The van der Waals surface area contributed by atoms with E-state index in [1.807, 2.05) is 38.1 Å². The number of amides is 3. The molecule has 0 spiro atoms. The molecule has 0 aliphatic carbocycles. The minimum Gasteiger partial charge on any atom is -0.352 e. The van der Waals surface area contributed by atoms with Gasteiger partial charge in [-0.3, -0.25) is 14.4 Å². The van der Waals surface area contributed by atoms with Crippen molar-refractivity contribution in [2.24, 2.45) is 0 Å². The fourth-order valence-electron chi connectivity index (χ4n) is 3.10. The standard InChI is InChI=1S/C22H31N3O3/c1-15(2)23-22(28)19-14-18-11-8-10-17(13-18)9-6-4-5-7-12-20(26)24-16(3)21(27)25-19/h6,8-11,13,15-16,19H,4-5,7,12,14H2,1-3H3,(H,23,28)(H,24,26)(H,25,27)/t16-,19-/m0/s1. The van der Waals surface area contributed by atoms with Crippen molar-refractivity contribution < 1.29 is 14.4 Å². The first-order chi connectivity index (χ1) is 13.3. The average Bonchev–Trinajstić information content (AvgIpc) is 2.63. The highest BCUT2D eigenvalue weighted by molar-refractivity contribution is 5.92. The van der Waals surface area contributed by atoms with Crippen molar-refractivity contribution >= 4 is 23.8 Å². The van der Waals surface area contributed by atoms with Gasteiger partial charge in [-0.15, -0.1) is 0 Å². The van der Waals surface area contributed by atoms with Gasteiger partial charge >= 0.3 is 0 Å². The number of carbonyl (C=O) groups is 3. The van der Waals surface area contributed by atoms with E-state index in [-0.39, 0.29) is 23.8 Å². The third kappa shape index (κ3) is 7.18. The predicted octanol–water partition coefficient (Wildman–Crippen LogP) is 2.33. The molecule has 2 atom stereocenters. The van der Waals surface area contributed by atoms with Crippen LogP contribution in [-0.4, -0.2) is 35.8 Å². The summed E-state index contributed by atoms with van der Waals surface area (Å²) in [5.41, 5.74) is 2.03. The predicted molar refractivity (Wildman–Crippen MR) is 110 cm³/mol. The Morgan fingerprint density at radius 1 is 1.18 bits per heavy atom. The summed E-state index contributed by atoms with van der Waals surface area (Å²) < 4.78 is 0. The quantitative estimate of drug-likeness (QED) is 0.730. The van der Waals surface area contributed by atoms with Crippen molar-refractivity contribution in [2.75, 3.05) is 0 Å². The van der Waals surface area contributed by atoms with Gasteiger partial charge in [-0.1, -0.05) is 36.4 Å². The monoisotopic (exact) mass is 385 g/mol. The smallest absolute Gasteiger partial charge is 0.243 e. The molecular weight excluding hydrogens is 354 g/mol. The van der Waals surface area contributed by atoms with Crippen molar-refractivity contribution in [1.29, 1.82) is 0 Å². The van der Waals surface area contributed by atoms with E-state index < -0.39 is 12.1 Å². The number of fused-ring (bicyclic) bond motifs is 2. The highest BCUT2D eigenvalue weighted by atomic mass is 16.2. The van der Waals surface area contributed by atoms with Gasteiger partial charge in [-0.25, -0.2) is 0 Å². The summed E-state index contributed by atoms with van der Waals surface area (Å²) in [5.74, 6) is -0.739. The molecule has 6 nitrogen and oxygen atoms in total. The van der Waals surface area contributed by atoms with Gasteiger partial charge in [0.25, 0.3) is 0 Å². The zero-order valence-corrected chi connectivity index (χ0v) is 17.0. The number of hydrogen-bond acceptors (Lipinski definition) is 3. The molecule has 0 saturated carbocycles. The molecule has 28 heavy (non-hydrogen) atoms. The van der Waals surface area contributed by atoms with Crippen LogP contribution < -0.4 is 16.0 Å². The van der Waals surface area contributed by atoms with Crippen LogP contribution in [-0.2, 0) is 20.8 Å². The molecule has 152 valence electrons. The van der Waals surface area contributed by atoms with E-state index in [2.05, 4.69) is 28.1 Å². The SMILES string of the molecule is CC(C)NC(=O)[C@@H]1Cc2cccc(c2)C=CCCCCC(=O)N[C@@H](C)C(=O)N1. The molecule has 3 N–H and O–H groups in total. The molecule has 3 amide bonds. The lowest BCUT2D eigenvalue weighted by Gasteiger charge is -2.22. The van der Waals surface area contributed by atoms with Gasteiger partial charge in [-0.05, 0) is 51.2 Å². The van der Waals surface area contributed by atoms with Crippen LogP contribution in [0.15, 0.2) is 30.3 Å². The number of carbonyl (C=O) groups excluding carboxylic acids is 3. The highest BCUT2D eigenvalue weighted by Crippen LogP contribution is 2.12. The Hall–Kier alpha value is -2.63.